The first-order chi connectivity index (χ1) is 16.4. The fourth-order valence-corrected chi connectivity index (χ4v) is 5.54. The molecule has 0 aliphatic heterocycles. The summed E-state index contributed by atoms with van der Waals surface area (Å²) in [7, 11) is -3.72. The Balaban J connectivity index is 1.40. The number of allylic oxidation sites excluding steroid dienone is 1. The van der Waals surface area contributed by atoms with Crippen LogP contribution >= 0.6 is 11.3 Å². The number of para-hydroxylation sites is 1. The molecule has 5 rings (SSSR count). The topological polar surface area (TPSA) is 102 Å². The minimum absolute atomic E-state index is 0.0745. The molecule has 3 N–H and O–H groups in total. The van der Waals surface area contributed by atoms with Crippen LogP contribution in [0.3, 0.4) is 0 Å². The molecule has 0 spiro atoms. The molecule has 172 valence electrons. The quantitative estimate of drug-likeness (QED) is 0.419. The van der Waals surface area contributed by atoms with Crippen molar-refractivity contribution in [3.8, 4) is 0 Å². The van der Waals surface area contributed by atoms with Crippen LogP contribution in [0.1, 0.15) is 38.5 Å². The first kappa shape index (κ1) is 22.5. The highest BCUT2D eigenvalue weighted by Gasteiger charge is 2.26. The highest BCUT2D eigenvalue weighted by Crippen LogP contribution is 2.37. The number of carbonyl (C=O) groups is 1. The first-order valence-electron chi connectivity index (χ1n) is 11.0. The van der Waals surface area contributed by atoms with Crippen molar-refractivity contribution < 1.29 is 13.2 Å². The second-order valence-electron chi connectivity index (χ2n) is 8.21. The van der Waals surface area contributed by atoms with Crippen molar-refractivity contribution in [2.75, 3.05) is 6.54 Å². The first-order valence-corrected chi connectivity index (χ1v) is 13.4. The van der Waals surface area contributed by atoms with Gasteiger partial charge in [0.1, 0.15) is 0 Å². The number of aromatic nitrogens is 1. The molecule has 1 aliphatic carbocycles. The van der Waals surface area contributed by atoms with Crippen molar-refractivity contribution >= 4 is 49.8 Å². The van der Waals surface area contributed by atoms with E-state index in [1.807, 2.05) is 30.3 Å². The van der Waals surface area contributed by atoms with Gasteiger partial charge in [-0.2, -0.15) is 0 Å². The molecule has 0 bridgehead atoms. The third-order valence-corrected chi connectivity index (χ3v) is 7.73. The SMILES string of the molecule is NS(=O)(=O)c1ccc(CCNC(=O)c2c3c(nc4ccccc24)/C(=C/c2cccs2)CC3)cc1. The Morgan fingerprint density at radius 1 is 1.06 bits per heavy atom. The summed E-state index contributed by atoms with van der Waals surface area (Å²) in [5.41, 5.74) is 5.49. The average Bonchev–Trinajstić information content (AvgIpc) is 3.48. The van der Waals surface area contributed by atoms with Gasteiger partial charge >= 0.3 is 0 Å². The van der Waals surface area contributed by atoms with Crippen LogP contribution in [-0.4, -0.2) is 25.9 Å². The zero-order valence-corrected chi connectivity index (χ0v) is 20.0. The van der Waals surface area contributed by atoms with Gasteiger partial charge in [0.15, 0.2) is 0 Å². The second kappa shape index (κ2) is 9.13. The predicted octanol–water partition coefficient (Wildman–Crippen LogP) is 4.40. The van der Waals surface area contributed by atoms with E-state index in [-0.39, 0.29) is 10.8 Å². The molecule has 6 nitrogen and oxygen atoms in total. The molecule has 0 saturated carbocycles. The van der Waals surface area contributed by atoms with Gasteiger partial charge in [-0.15, -0.1) is 11.3 Å². The van der Waals surface area contributed by atoms with Gasteiger partial charge in [0, 0.05) is 16.8 Å². The maximum atomic E-state index is 13.4. The summed E-state index contributed by atoms with van der Waals surface area (Å²) in [4.78, 5) is 19.5. The van der Waals surface area contributed by atoms with Crippen LogP contribution in [0.4, 0.5) is 0 Å². The molecule has 0 radical (unpaired) electrons. The summed E-state index contributed by atoms with van der Waals surface area (Å²) in [6.45, 7) is 0.427. The van der Waals surface area contributed by atoms with Crippen LogP contribution in [0.25, 0.3) is 22.6 Å². The molecule has 1 aliphatic rings. The van der Waals surface area contributed by atoms with E-state index >= 15 is 0 Å². The monoisotopic (exact) mass is 489 g/mol. The van der Waals surface area contributed by atoms with E-state index in [9.17, 15) is 13.2 Å². The van der Waals surface area contributed by atoms with E-state index in [1.54, 1.807) is 23.5 Å². The van der Waals surface area contributed by atoms with Gasteiger partial charge in [0.25, 0.3) is 5.91 Å². The van der Waals surface area contributed by atoms with Gasteiger partial charge in [-0.1, -0.05) is 36.4 Å². The van der Waals surface area contributed by atoms with E-state index in [4.69, 9.17) is 10.1 Å². The van der Waals surface area contributed by atoms with Crippen LogP contribution in [0.2, 0.25) is 0 Å². The number of benzene rings is 2. The van der Waals surface area contributed by atoms with Gasteiger partial charge in [0.05, 0.1) is 21.7 Å². The zero-order valence-electron chi connectivity index (χ0n) is 18.3. The molecule has 0 atom stereocenters. The van der Waals surface area contributed by atoms with E-state index in [0.717, 1.165) is 46.1 Å². The summed E-state index contributed by atoms with van der Waals surface area (Å²) in [6, 6.07) is 18.3. The standard InChI is InChI=1S/C26H23N3O3S2/c27-34(31,32)20-10-7-17(8-11-20)13-14-28-26(30)24-21-5-1-2-6-23(21)29-25-18(9-12-22(24)25)16-19-4-3-15-33-19/h1-8,10-11,15-16H,9,12-14H2,(H,28,30)(H2,27,31,32)/b18-16+. The van der Waals surface area contributed by atoms with Crippen molar-refractivity contribution in [1.82, 2.24) is 10.3 Å². The lowest BCUT2D eigenvalue weighted by molar-refractivity contribution is 0.0955. The summed E-state index contributed by atoms with van der Waals surface area (Å²) >= 11 is 1.69. The van der Waals surface area contributed by atoms with Gasteiger partial charge in [-0.3, -0.25) is 4.79 Å². The molecule has 1 amide bonds. The molecular formula is C26H23N3O3S2. The van der Waals surface area contributed by atoms with Crippen molar-refractivity contribution in [3.63, 3.8) is 0 Å². The molecule has 2 aromatic heterocycles. The van der Waals surface area contributed by atoms with Gasteiger partial charge in [0.2, 0.25) is 10.0 Å². The number of amides is 1. The molecule has 0 fully saturated rings. The molecule has 2 heterocycles. The minimum atomic E-state index is -3.72. The normalized spacial score (nSPS) is 14.4. The van der Waals surface area contributed by atoms with Gasteiger partial charge < -0.3 is 5.32 Å². The van der Waals surface area contributed by atoms with E-state index in [1.165, 1.54) is 17.0 Å². The lowest BCUT2D eigenvalue weighted by atomic mass is 10.00. The summed E-state index contributed by atoms with van der Waals surface area (Å²) < 4.78 is 22.9. The highest BCUT2D eigenvalue weighted by atomic mass is 32.2. The van der Waals surface area contributed by atoms with Crippen molar-refractivity contribution in [3.05, 3.63) is 93.3 Å². The number of nitrogens with one attached hydrogen (secondary N) is 1. The lowest BCUT2D eigenvalue weighted by Gasteiger charge is -2.13. The van der Waals surface area contributed by atoms with Crippen LogP contribution < -0.4 is 10.5 Å². The Hall–Kier alpha value is -3.33. The number of sulfonamides is 1. The molecule has 8 heteroatoms. The number of hydrogen-bond donors (Lipinski definition) is 2. The zero-order chi connectivity index (χ0) is 23.7. The molecular weight excluding hydrogens is 466 g/mol. The van der Waals surface area contributed by atoms with Crippen LogP contribution in [0.15, 0.2) is 70.9 Å². The number of primary sulfonamides is 1. The fourth-order valence-electron chi connectivity index (χ4n) is 4.34. The molecule has 4 aromatic rings. The number of rotatable bonds is 6. The number of fused-ring (bicyclic) bond motifs is 2. The van der Waals surface area contributed by atoms with E-state index < -0.39 is 10.0 Å². The van der Waals surface area contributed by atoms with Crippen molar-refractivity contribution in [2.24, 2.45) is 5.14 Å². The minimum Gasteiger partial charge on any atom is -0.352 e. The number of carbonyl (C=O) groups excluding carboxylic acids is 1. The predicted molar refractivity (Wildman–Crippen MR) is 136 cm³/mol. The lowest BCUT2D eigenvalue weighted by Crippen LogP contribution is -2.27. The number of pyridine rings is 1. The van der Waals surface area contributed by atoms with E-state index in [2.05, 4.69) is 22.8 Å². The third-order valence-electron chi connectivity index (χ3n) is 5.98. The largest absolute Gasteiger partial charge is 0.352 e. The Kier molecular flexibility index (Phi) is 6.03. The van der Waals surface area contributed by atoms with Gasteiger partial charge in [-0.05, 0) is 71.7 Å². The summed E-state index contributed by atoms with van der Waals surface area (Å²) in [5.74, 6) is -0.117. The number of nitrogens with zero attached hydrogens (tertiary/aromatic N) is 1. The molecule has 34 heavy (non-hydrogen) atoms. The summed E-state index contributed by atoms with van der Waals surface area (Å²) in [5, 5.41) is 11.1. The number of hydrogen-bond acceptors (Lipinski definition) is 5. The number of nitrogens with two attached hydrogens (primary N) is 1. The van der Waals surface area contributed by atoms with Gasteiger partial charge in [-0.25, -0.2) is 18.5 Å². The van der Waals surface area contributed by atoms with Crippen LogP contribution in [0.5, 0.6) is 0 Å². The molecule has 0 unspecified atom stereocenters. The maximum absolute atomic E-state index is 13.4. The maximum Gasteiger partial charge on any atom is 0.252 e. The van der Waals surface area contributed by atoms with Crippen molar-refractivity contribution in [2.45, 2.75) is 24.2 Å². The second-order valence-corrected chi connectivity index (χ2v) is 10.8. The summed E-state index contributed by atoms with van der Waals surface area (Å²) in [6.07, 6.45) is 4.38. The average molecular weight is 490 g/mol. The Morgan fingerprint density at radius 2 is 1.85 bits per heavy atom. The number of thiophene rings is 1. The highest BCUT2D eigenvalue weighted by molar-refractivity contribution is 7.89. The molecule has 0 saturated heterocycles. The van der Waals surface area contributed by atoms with Crippen LogP contribution in [-0.2, 0) is 22.9 Å². The van der Waals surface area contributed by atoms with E-state index in [0.29, 0.717) is 18.5 Å². The Bertz CT molecular complexity index is 1510. The smallest absolute Gasteiger partial charge is 0.252 e. The van der Waals surface area contributed by atoms with Crippen molar-refractivity contribution in [1.29, 1.82) is 0 Å². The fraction of sp³-hybridized carbons (Fsp3) is 0.154. The Morgan fingerprint density at radius 3 is 2.59 bits per heavy atom. The third kappa shape index (κ3) is 4.52. The molecule has 2 aromatic carbocycles. The van der Waals surface area contributed by atoms with Crippen LogP contribution in [0, 0.1) is 0 Å². The Labute approximate surface area is 202 Å².